The Balaban J connectivity index is 2.16. The van der Waals surface area contributed by atoms with Crippen molar-refractivity contribution in [1.29, 1.82) is 0 Å². The first kappa shape index (κ1) is 16.7. The molecule has 4 nitrogen and oxygen atoms in total. The zero-order chi connectivity index (χ0) is 17.0. The van der Waals surface area contributed by atoms with Crippen molar-refractivity contribution < 1.29 is 14.0 Å². The van der Waals surface area contributed by atoms with Gasteiger partial charge in [0.1, 0.15) is 12.4 Å². The van der Waals surface area contributed by atoms with Crippen molar-refractivity contribution in [2.24, 2.45) is 0 Å². The van der Waals surface area contributed by atoms with Crippen LogP contribution in [0.1, 0.15) is 18.1 Å². The number of amides is 2. The van der Waals surface area contributed by atoms with E-state index in [1.165, 1.54) is 30.0 Å². The lowest BCUT2D eigenvalue weighted by atomic mass is 10.1. The van der Waals surface area contributed by atoms with E-state index in [2.05, 4.69) is 5.32 Å². The number of halogens is 1. The van der Waals surface area contributed by atoms with Crippen LogP contribution in [0.4, 0.5) is 15.8 Å². The third kappa shape index (κ3) is 4.64. The number of carbonyl (C=O) groups is 2. The highest BCUT2D eigenvalue weighted by atomic mass is 19.1. The molecule has 0 atom stereocenters. The van der Waals surface area contributed by atoms with Crippen molar-refractivity contribution in [1.82, 2.24) is 0 Å². The van der Waals surface area contributed by atoms with Crippen molar-refractivity contribution in [2.45, 2.75) is 20.8 Å². The molecule has 2 rings (SSSR count). The van der Waals surface area contributed by atoms with Crippen LogP contribution in [-0.2, 0) is 9.59 Å². The van der Waals surface area contributed by atoms with E-state index in [-0.39, 0.29) is 18.4 Å². The van der Waals surface area contributed by atoms with Crippen molar-refractivity contribution >= 4 is 23.2 Å². The molecule has 1 N–H and O–H groups in total. The molecule has 0 aliphatic rings. The number of rotatable bonds is 4. The molecule has 0 spiro atoms. The first-order valence-corrected chi connectivity index (χ1v) is 7.27. The summed E-state index contributed by atoms with van der Waals surface area (Å²) in [5.41, 5.74) is 3.05. The maximum absolute atomic E-state index is 13.1. The highest BCUT2D eigenvalue weighted by molar-refractivity contribution is 6.01. The second kappa shape index (κ2) is 7.05. The van der Waals surface area contributed by atoms with Crippen LogP contribution in [-0.4, -0.2) is 18.4 Å². The molecular formula is C18H19FN2O2. The Labute approximate surface area is 134 Å². The molecule has 0 aliphatic carbocycles. The highest BCUT2D eigenvalue weighted by Gasteiger charge is 2.16. The summed E-state index contributed by atoms with van der Waals surface area (Å²) in [6, 6.07) is 11.3. The lowest BCUT2D eigenvalue weighted by Crippen LogP contribution is -2.36. The molecule has 2 aromatic rings. The fourth-order valence-corrected chi connectivity index (χ4v) is 2.40. The summed E-state index contributed by atoms with van der Waals surface area (Å²) in [5, 5.41) is 2.59. The van der Waals surface area contributed by atoms with E-state index in [1.54, 1.807) is 6.07 Å². The monoisotopic (exact) mass is 314 g/mol. The van der Waals surface area contributed by atoms with Gasteiger partial charge in [0.2, 0.25) is 11.8 Å². The van der Waals surface area contributed by atoms with Gasteiger partial charge < -0.3 is 10.2 Å². The molecule has 2 aromatic carbocycles. The average Bonchev–Trinajstić information content (AvgIpc) is 2.43. The summed E-state index contributed by atoms with van der Waals surface area (Å²) < 4.78 is 13.1. The van der Waals surface area contributed by atoms with Crippen LogP contribution in [0.25, 0.3) is 0 Å². The van der Waals surface area contributed by atoms with Gasteiger partial charge in [-0.25, -0.2) is 4.39 Å². The van der Waals surface area contributed by atoms with Crippen molar-refractivity contribution in [2.75, 3.05) is 16.8 Å². The second-order valence-electron chi connectivity index (χ2n) is 5.51. The molecule has 0 aromatic heterocycles. The molecule has 0 fully saturated rings. The standard InChI is InChI=1S/C18H19FN2O2/c1-12-7-13(2)9-17(8-12)21(14(3)22)11-18(23)20-16-6-4-5-15(19)10-16/h4-10H,11H2,1-3H3,(H,20,23). The van der Waals surface area contributed by atoms with Gasteiger partial charge in [0.25, 0.3) is 0 Å². The van der Waals surface area contributed by atoms with Gasteiger partial charge in [-0.1, -0.05) is 12.1 Å². The minimum atomic E-state index is -0.430. The van der Waals surface area contributed by atoms with Gasteiger partial charge in [-0.15, -0.1) is 0 Å². The minimum Gasteiger partial charge on any atom is -0.324 e. The van der Waals surface area contributed by atoms with Crippen LogP contribution < -0.4 is 10.2 Å². The molecule has 0 saturated carbocycles. The second-order valence-corrected chi connectivity index (χ2v) is 5.51. The van der Waals surface area contributed by atoms with E-state index in [4.69, 9.17) is 0 Å². The van der Waals surface area contributed by atoms with Crippen LogP contribution in [0.15, 0.2) is 42.5 Å². The summed E-state index contributed by atoms with van der Waals surface area (Å²) >= 11 is 0. The van der Waals surface area contributed by atoms with Crippen molar-refractivity contribution in [3.63, 3.8) is 0 Å². The summed E-state index contributed by atoms with van der Waals surface area (Å²) in [6.07, 6.45) is 0. The normalized spacial score (nSPS) is 10.3. The minimum absolute atomic E-state index is 0.130. The van der Waals surface area contributed by atoms with Gasteiger partial charge >= 0.3 is 0 Å². The Morgan fingerprint density at radius 2 is 1.74 bits per heavy atom. The number of anilines is 2. The molecule has 0 radical (unpaired) electrons. The zero-order valence-corrected chi connectivity index (χ0v) is 13.4. The maximum atomic E-state index is 13.1. The lowest BCUT2D eigenvalue weighted by molar-refractivity contribution is -0.120. The van der Waals surface area contributed by atoms with Gasteiger partial charge in [-0.3, -0.25) is 9.59 Å². The average molecular weight is 314 g/mol. The molecule has 0 bridgehead atoms. The van der Waals surface area contributed by atoms with Crippen LogP contribution in [0, 0.1) is 19.7 Å². The molecular weight excluding hydrogens is 295 g/mol. The molecule has 2 amide bonds. The fourth-order valence-electron chi connectivity index (χ4n) is 2.40. The summed E-state index contributed by atoms with van der Waals surface area (Å²) in [6.45, 7) is 5.14. The summed E-state index contributed by atoms with van der Waals surface area (Å²) in [5.74, 6) is -1.05. The fraction of sp³-hybridized carbons (Fsp3) is 0.222. The Morgan fingerprint density at radius 1 is 1.09 bits per heavy atom. The van der Waals surface area contributed by atoms with Gasteiger partial charge in [0.15, 0.2) is 0 Å². The summed E-state index contributed by atoms with van der Waals surface area (Å²) in [7, 11) is 0. The van der Waals surface area contributed by atoms with E-state index in [9.17, 15) is 14.0 Å². The predicted molar refractivity (Wildman–Crippen MR) is 89.0 cm³/mol. The molecule has 5 heteroatoms. The van der Waals surface area contributed by atoms with E-state index in [0.717, 1.165) is 11.1 Å². The Bertz CT molecular complexity index is 723. The largest absolute Gasteiger partial charge is 0.324 e. The SMILES string of the molecule is CC(=O)N(CC(=O)Nc1cccc(F)c1)c1cc(C)cc(C)c1. The lowest BCUT2D eigenvalue weighted by Gasteiger charge is -2.21. The first-order valence-electron chi connectivity index (χ1n) is 7.27. The number of hydrogen-bond acceptors (Lipinski definition) is 2. The third-order valence-electron chi connectivity index (χ3n) is 3.31. The Kier molecular flexibility index (Phi) is 5.11. The van der Waals surface area contributed by atoms with Crippen LogP contribution in [0.2, 0.25) is 0 Å². The van der Waals surface area contributed by atoms with E-state index < -0.39 is 5.82 Å². The van der Waals surface area contributed by atoms with Crippen molar-refractivity contribution in [3.8, 4) is 0 Å². The van der Waals surface area contributed by atoms with Gasteiger partial charge in [0.05, 0.1) is 0 Å². The zero-order valence-electron chi connectivity index (χ0n) is 13.4. The number of nitrogens with zero attached hydrogens (tertiary/aromatic N) is 1. The van der Waals surface area contributed by atoms with Crippen molar-refractivity contribution in [3.05, 3.63) is 59.4 Å². The van der Waals surface area contributed by atoms with E-state index >= 15 is 0 Å². The van der Waals surface area contributed by atoms with Crippen LogP contribution in [0.5, 0.6) is 0 Å². The Hall–Kier alpha value is -2.69. The first-order chi connectivity index (χ1) is 10.8. The van der Waals surface area contributed by atoms with Gasteiger partial charge in [-0.05, 0) is 55.3 Å². The number of carbonyl (C=O) groups excluding carboxylic acids is 2. The predicted octanol–water partition coefficient (Wildman–Crippen LogP) is 3.43. The van der Waals surface area contributed by atoms with E-state index in [0.29, 0.717) is 11.4 Å². The highest BCUT2D eigenvalue weighted by Crippen LogP contribution is 2.19. The molecule has 0 unspecified atom stereocenters. The van der Waals surface area contributed by atoms with Crippen LogP contribution in [0.3, 0.4) is 0 Å². The third-order valence-corrected chi connectivity index (χ3v) is 3.31. The van der Waals surface area contributed by atoms with Gasteiger partial charge in [-0.2, -0.15) is 0 Å². The number of aryl methyl sites for hydroxylation is 2. The molecule has 23 heavy (non-hydrogen) atoms. The maximum Gasteiger partial charge on any atom is 0.244 e. The Morgan fingerprint density at radius 3 is 2.30 bits per heavy atom. The summed E-state index contributed by atoms with van der Waals surface area (Å²) in [4.78, 5) is 25.4. The number of hydrogen-bond donors (Lipinski definition) is 1. The quantitative estimate of drug-likeness (QED) is 0.940. The molecule has 0 aliphatic heterocycles. The van der Waals surface area contributed by atoms with Gasteiger partial charge in [0, 0.05) is 18.3 Å². The van der Waals surface area contributed by atoms with Crippen LogP contribution >= 0.6 is 0 Å². The van der Waals surface area contributed by atoms with E-state index in [1.807, 2.05) is 32.0 Å². The number of nitrogens with one attached hydrogen (secondary N) is 1. The smallest absolute Gasteiger partial charge is 0.244 e. The molecule has 0 saturated heterocycles. The molecule has 120 valence electrons. The number of benzene rings is 2. The molecule has 0 heterocycles. The topological polar surface area (TPSA) is 49.4 Å².